The van der Waals surface area contributed by atoms with Crippen molar-refractivity contribution < 1.29 is 14.3 Å². The highest BCUT2D eigenvalue weighted by Gasteiger charge is 2.29. The fraction of sp³-hybridized carbons (Fsp3) is 0.692. The van der Waals surface area contributed by atoms with Crippen molar-refractivity contribution >= 4 is 5.97 Å². The summed E-state index contributed by atoms with van der Waals surface area (Å²) in [4.78, 5) is 11.6. The highest BCUT2D eigenvalue weighted by atomic mass is 16.5. The average Bonchev–Trinajstić information content (AvgIpc) is 2.68. The zero-order chi connectivity index (χ0) is 14.6. The molecular formula is C13H23N3O3. The van der Waals surface area contributed by atoms with Gasteiger partial charge in [0.2, 0.25) is 5.88 Å². The summed E-state index contributed by atoms with van der Waals surface area (Å²) in [7, 11) is 4.78. The lowest BCUT2D eigenvalue weighted by atomic mass is 9.87. The lowest BCUT2D eigenvalue weighted by molar-refractivity contribution is -0.141. The Balaban J connectivity index is 3.20. The van der Waals surface area contributed by atoms with E-state index in [0.29, 0.717) is 5.88 Å². The zero-order valence-corrected chi connectivity index (χ0v) is 12.3. The topological polar surface area (TPSA) is 79.4 Å². The Morgan fingerprint density at radius 3 is 2.58 bits per heavy atom. The number of carbonyl (C=O) groups is 1. The highest BCUT2D eigenvalue weighted by Crippen LogP contribution is 2.34. The highest BCUT2D eigenvalue weighted by molar-refractivity contribution is 5.70. The molecule has 0 saturated carbocycles. The number of hydrogen-bond acceptors (Lipinski definition) is 5. The number of nitrogens with zero attached hydrogens (tertiary/aromatic N) is 2. The van der Waals surface area contributed by atoms with Crippen LogP contribution in [0.3, 0.4) is 0 Å². The van der Waals surface area contributed by atoms with E-state index in [1.807, 2.05) is 20.9 Å². The van der Waals surface area contributed by atoms with Crippen molar-refractivity contribution in [3.8, 4) is 5.88 Å². The Kier molecular flexibility index (Phi) is 5.35. The Morgan fingerprint density at radius 1 is 1.47 bits per heavy atom. The molecule has 0 radical (unpaired) electrons. The van der Waals surface area contributed by atoms with Gasteiger partial charge < -0.3 is 15.2 Å². The van der Waals surface area contributed by atoms with Gasteiger partial charge in [0, 0.05) is 24.6 Å². The number of rotatable bonds is 6. The van der Waals surface area contributed by atoms with E-state index in [-0.39, 0.29) is 24.3 Å². The largest absolute Gasteiger partial charge is 0.481 e. The molecule has 0 saturated heterocycles. The van der Waals surface area contributed by atoms with Crippen LogP contribution >= 0.6 is 0 Å². The first-order valence-electron chi connectivity index (χ1n) is 6.36. The summed E-state index contributed by atoms with van der Waals surface area (Å²) >= 11 is 0. The van der Waals surface area contributed by atoms with Gasteiger partial charge in [-0.3, -0.25) is 4.79 Å². The maximum absolute atomic E-state index is 11.6. The summed E-state index contributed by atoms with van der Waals surface area (Å²) in [5.41, 5.74) is 7.88. The van der Waals surface area contributed by atoms with Crippen LogP contribution in [-0.2, 0) is 16.6 Å². The predicted molar refractivity (Wildman–Crippen MR) is 72.1 cm³/mol. The number of aryl methyl sites for hydroxylation is 2. The van der Waals surface area contributed by atoms with Crippen molar-refractivity contribution in [2.45, 2.75) is 38.6 Å². The van der Waals surface area contributed by atoms with E-state index in [9.17, 15) is 4.79 Å². The number of methoxy groups -OCH3 is 2. The van der Waals surface area contributed by atoms with Crippen LogP contribution in [0.15, 0.2) is 0 Å². The summed E-state index contributed by atoms with van der Waals surface area (Å²) in [6.07, 6.45) is 0.994. The van der Waals surface area contributed by atoms with Crippen molar-refractivity contribution in [2.75, 3.05) is 14.2 Å². The number of aromatic nitrogens is 2. The number of esters is 1. The lowest BCUT2D eigenvalue weighted by Gasteiger charge is -2.22. The van der Waals surface area contributed by atoms with Crippen LogP contribution in [0.1, 0.15) is 36.9 Å². The monoisotopic (exact) mass is 269 g/mol. The van der Waals surface area contributed by atoms with E-state index in [2.05, 4.69) is 5.10 Å². The Hall–Kier alpha value is -1.56. The minimum Gasteiger partial charge on any atom is -0.481 e. The molecular weight excluding hydrogens is 246 g/mol. The van der Waals surface area contributed by atoms with Gasteiger partial charge in [0.1, 0.15) is 0 Å². The second-order valence-electron chi connectivity index (χ2n) is 4.59. The van der Waals surface area contributed by atoms with Crippen LogP contribution in [-0.4, -0.2) is 36.0 Å². The molecule has 19 heavy (non-hydrogen) atoms. The molecule has 0 aliphatic rings. The molecule has 2 unspecified atom stereocenters. The second kappa shape index (κ2) is 6.56. The van der Waals surface area contributed by atoms with Crippen molar-refractivity contribution in [1.82, 2.24) is 9.78 Å². The summed E-state index contributed by atoms with van der Waals surface area (Å²) in [5, 5.41) is 4.34. The molecule has 0 aliphatic carbocycles. The van der Waals surface area contributed by atoms with Crippen LogP contribution in [0.5, 0.6) is 5.88 Å². The van der Waals surface area contributed by atoms with Crippen molar-refractivity contribution in [2.24, 2.45) is 12.8 Å². The van der Waals surface area contributed by atoms with Crippen molar-refractivity contribution in [3.05, 3.63) is 11.3 Å². The number of ether oxygens (including phenoxy) is 2. The third-order valence-corrected chi connectivity index (χ3v) is 3.38. The van der Waals surface area contributed by atoms with E-state index < -0.39 is 0 Å². The third-order valence-electron chi connectivity index (χ3n) is 3.38. The first kappa shape index (κ1) is 15.5. The van der Waals surface area contributed by atoms with Gasteiger partial charge in [0.05, 0.1) is 26.3 Å². The average molecular weight is 269 g/mol. The van der Waals surface area contributed by atoms with E-state index >= 15 is 0 Å². The first-order chi connectivity index (χ1) is 8.96. The maximum atomic E-state index is 11.6. The molecule has 6 nitrogen and oxygen atoms in total. The van der Waals surface area contributed by atoms with Crippen LogP contribution in [0, 0.1) is 6.92 Å². The van der Waals surface area contributed by atoms with Gasteiger partial charge in [-0.15, -0.1) is 0 Å². The Morgan fingerprint density at radius 2 is 2.11 bits per heavy atom. The quantitative estimate of drug-likeness (QED) is 0.783. The van der Waals surface area contributed by atoms with Crippen LogP contribution in [0.2, 0.25) is 0 Å². The van der Waals surface area contributed by atoms with Gasteiger partial charge in [-0.1, -0.05) is 6.92 Å². The Bertz CT molecular complexity index is 443. The summed E-state index contributed by atoms with van der Waals surface area (Å²) in [6.45, 7) is 3.89. The van der Waals surface area contributed by atoms with Gasteiger partial charge in [0.25, 0.3) is 0 Å². The molecule has 2 atom stereocenters. The smallest absolute Gasteiger partial charge is 0.306 e. The van der Waals surface area contributed by atoms with Gasteiger partial charge in [-0.2, -0.15) is 5.10 Å². The summed E-state index contributed by atoms with van der Waals surface area (Å²) < 4.78 is 11.8. The molecule has 1 aromatic heterocycles. The number of hydrogen-bond donors (Lipinski definition) is 1. The molecule has 2 N–H and O–H groups in total. The normalized spacial score (nSPS) is 14.0. The molecule has 0 aromatic carbocycles. The molecule has 0 amide bonds. The first-order valence-corrected chi connectivity index (χ1v) is 6.36. The molecule has 6 heteroatoms. The standard InChI is InChI=1S/C13H23N3O3/c1-6-10(14)9(7-11(17)18-4)12-8(2)15-16(3)13(12)19-5/h9-10H,6-7,14H2,1-5H3. The number of carbonyl (C=O) groups excluding carboxylic acids is 1. The molecule has 0 aliphatic heterocycles. The van der Waals surface area contributed by atoms with Gasteiger partial charge in [-0.05, 0) is 13.3 Å². The maximum Gasteiger partial charge on any atom is 0.306 e. The van der Waals surface area contributed by atoms with E-state index in [4.69, 9.17) is 15.2 Å². The van der Waals surface area contributed by atoms with Crippen LogP contribution < -0.4 is 10.5 Å². The molecule has 0 fully saturated rings. The minimum absolute atomic E-state index is 0.143. The van der Waals surface area contributed by atoms with E-state index in [0.717, 1.165) is 17.7 Å². The van der Waals surface area contributed by atoms with Gasteiger partial charge in [0.15, 0.2) is 0 Å². The van der Waals surface area contributed by atoms with Crippen LogP contribution in [0.25, 0.3) is 0 Å². The molecule has 0 bridgehead atoms. The molecule has 0 spiro atoms. The van der Waals surface area contributed by atoms with E-state index in [1.54, 1.807) is 11.8 Å². The predicted octanol–water partition coefficient (Wildman–Crippen LogP) is 1.12. The minimum atomic E-state index is -0.279. The number of nitrogens with two attached hydrogens (primary N) is 1. The van der Waals surface area contributed by atoms with E-state index in [1.165, 1.54) is 7.11 Å². The lowest BCUT2D eigenvalue weighted by Crippen LogP contribution is -2.30. The fourth-order valence-electron chi connectivity index (χ4n) is 2.34. The molecule has 1 aromatic rings. The molecule has 108 valence electrons. The van der Waals surface area contributed by atoms with Crippen molar-refractivity contribution in [1.29, 1.82) is 0 Å². The second-order valence-corrected chi connectivity index (χ2v) is 4.59. The Labute approximate surface area is 113 Å². The van der Waals surface area contributed by atoms with Gasteiger partial charge in [-0.25, -0.2) is 4.68 Å². The molecule has 1 heterocycles. The fourth-order valence-corrected chi connectivity index (χ4v) is 2.34. The van der Waals surface area contributed by atoms with Crippen molar-refractivity contribution in [3.63, 3.8) is 0 Å². The summed E-state index contributed by atoms with van der Waals surface area (Å²) in [6, 6.07) is -0.143. The third kappa shape index (κ3) is 3.26. The summed E-state index contributed by atoms with van der Waals surface area (Å²) in [5.74, 6) is 0.218. The molecule has 1 rings (SSSR count). The van der Waals surface area contributed by atoms with Gasteiger partial charge >= 0.3 is 5.97 Å². The zero-order valence-electron chi connectivity index (χ0n) is 12.3. The SMILES string of the molecule is CCC(N)C(CC(=O)OC)c1c(C)nn(C)c1OC. The van der Waals surface area contributed by atoms with Crippen LogP contribution in [0.4, 0.5) is 0 Å².